The number of fused-ring (bicyclic) bond motifs is 1. The molecule has 2 aromatic carbocycles. The predicted octanol–water partition coefficient (Wildman–Crippen LogP) is 5.06. The number of nitriles is 1. The minimum Gasteiger partial charge on any atom is -0.490 e. The van der Waals surface area contributed by atoms with Crippen LogP contribution in [0.25, 0.3) is 21.1 Å². The summed E-state index contributed by atoms with van der Waals surface area (Å²) in [5.41, 5.74) is 6.30. The van der Waals surface area contributed by atoms with Crippen LogP contribution in [0.3, 0.4) is 0 Å². The summed E-state index contributed by atoms with van der Waals surface area (Å²) in [7, 11) is 0. The number of aromatic nitrogens is 2. The number of benzene rings is 2. The third-order valence-corrected chi connectivity index (χ3v) is 7.00. The number of carboxylic acids is 1. The molecule has 1 aromatic heterocycles. The zero-order valence-electron chi connectivity index (χ0n) is 19.7. The maximum absolute atomic E-state index is 10.8. The van der Waals surface area contributed by atoms with Crippen molar-refractivity contribution in [2.75, 3.05) is 13.1 Å². The van der Waals surface area contributed by atoms with Crippen LogP contribution in [0.5, 0.6) is 5.75 Å². The Bertz CT molecular complexity index is 1250. The van der Waals surface area contributed by atoms with E-state index >= 15 is 0 Å². The Hall–Kier alpha value is -3.28. The molecule has 176 valence electrons. The van der Waals surface area contributed by atoms with E-state index in [2.05, 4.69) is 40.2 Å². The van der Waals surface area contributed by atoms with E-state index in [0.717, 1.165) is 47.2 Å². The summed E-state index contributed by atoms with van der Waals surface area (Å²) in [5.74, 6) is -0.161. The number of aliphatic carboxylic acids is 1. The van der Waals surface area contributed by atoms with Crippen LogP contribution in [0.4, 0.5) is 0 Å². The van der Waals surface area contributed by atoms with Crippen molar-refractivity contribution in [2.24, 2.45) is 0 Å². The molecule has 1 aliphatic heterocycles. The van der Waals surface area contributed by atoms with E-state index in [1.54, 1.807) is 6.07 Å². The molecule has 8 heteroatoms. The molecule has 0 radical (unpaired) electrons. The molecule has 0 unspecified atom stereocenters. The Morgan fingerprint density at radius 2 is 2.06 bits per heavy atom. The number of nitrogens with zero attached hydrogens (tertiary/aromatic N) is 4. The first kappa shape index (κ1) is 23.9. The quantitative estimate of drug-likeness (QED) is 0.485. The number of carboxylic acid groups (broad SMARTS) is 1. The van der Waals surface area contributed by atoms with Crippen molar-refractivity contribution in [1.82, 2.24) is 15.1 Å². The summed E-state index contributed by atoms with van der Waals surface area (Å²) >= 11 is 1.52. The summed E-state index contributed by atoms with van der Waals surface area (Å²) < 4.78 is 5.73. The van der Waals surface area contributed by atoms with Crippen LogP contribution in [-0.2, 0) is 17.8 Å². The van der Waals surface area contributed by atoms with Gasteiger partial charge in [0.05, 0.1) is 11.7 Å². The lowest BCUT2D eigenvalue weighted by Crippen LogP contribution is -2.32. The Balaban J connectivity index is 1.54. The van der Waals surface area contributed by atoms with E-state index in [1.165, 1.54) is 28.0 Å². The monoisotopic (exact) mass is 476 g/mol. The second-order valence-electron chi connectivity index (χ2n) is 8.80. The van der Waals surface area contributed by atoms with Gasteiger partial charge in [-0.15, -0.1) is 10.2 Å². The largest absolute Gasteiger partial charge is 0.490 e. The van der Waals surface area contributed by atoms with Gasteiger partial charge in [-0.25, -0.2) is 0 Å². The van der Waals surface area contributed by atoms with Crippen molar-refractivity contribution < 1.29 is 14.6 Å². The van der Waals surface area contributed by atoms with Crippen LogP contribution in [0.15, 0.2) is 30.3 Å². The number of hydrogen-bond donors (Lipinski definition) is 1. The Labute approximate surface area is 203 Å². The van der Waals surface area contributed by atoms with Crippen molar-refractivity contribution in [3.63, 3.8) is 0 Å². The average molecular weight is 477 g/mol. The summed E-state index contributed by atoms with van der Waals surface area (Å²) in [5, 5.41) is 28.9. The van der Waals surface area contributed by atoms with Crippen molar-refractivity contribution in [3.05, 3.63) is 52.6 Å². The van der Waals surface area contributed by atoms with Gasteiger partial charge >= 0.3 is 5.97 Å². The topological polar surface area (TPSA) is 99.3 Å². The third kappa shape index (κ3) is 5.27. The fourth-order valence-electron chi connectivity index (χ4n) is 4.33. The number of carbonyl (C=O) groups is 1. The third-order valence-electron chi connectivity index (χ3n) is 6.00. The fourth-order valence-corrected chi connectivity index (χ4v) is 5.25. The van der Waals surface area contributed by atoms with Gasteiger partial charge in [0.2, 0.25) is 0 Å². The zero-order valence-corrected chi connectivity index (χ0v) is 20.5. The van der Waals surface area contributed by atoms with E-state index in [9.17, 15) is 10.1 Å². The van der Waals surface area contributed by atoms with Gasteiger partial charge in [-0.3, -0.25) is 9.69 Å². The molecule has 1 N–H and O–H groups in total. The minimum atomic E-state index is -0.738. The highest BCUT2D eigenvalue weighted by Gasteiger charge is 2.21. The molecule has 2 heterocycles. The van der Waals surface area contributed by atoms with E-state index in [-0.39, 0.29) is 12.5 Å². The highest BCUT2D eigenvalue weighted by atomic mass is 32.1. The van der Waals surface area contributed by atoms with E-state index in [4.69, 9.17) is 9.84 Å². The van der Waals surface area contributed by atoms with Gasteiger partial charge in [0, 0.05) is 30.6 Å². The molecule has 0 aliphatic carbocycles. The summed E-state index contributed by atoms with van der Waals surface area (Å²) in [6.45, 7) is 8.59. The molecule has 1 aliphatic rings. The van der Waals surface area contributed by atoms with Crippen LogP contribution in [0, 0.1) is 18.3 Å². The standard InChI is InChI=1S/C26H28N4O3S/c1-16(2)33-23-9-7-18(13-20(23)14-27)25-28-29-26(34-25)22-8-6-19-15-30(11-4-5-24(31)32)12-10-21(19)17(22)3/h6-9,13,16H,4-5,10-12,15H2,1-3H3,(H,31,32). The van der Waals surface area contributed by atoms with Crippen LogP contribution in [0.2, 0.25) is 0 Å². The lowest BCUT2D eigenvalue weighted by Gasteiger charge is -2.30. The van der Waals surface area contributed by atoms with Gasteiger partial charge in [-0.05, 0) is 75.0 Å². The summed E-state index contributed by atoms with van der Waals surface area (Å²) in [4.78, 5) is 13.1. The van der Waals surface area contributed by atoms with Gasteiger partial charge in [0.1, 0.15) is 21.8 Å². The SMILES string of the molecule is Cc1c(-c2nnc(-c3ccc(OC(C)C)c(C#N)c3)s2)ccc2c1CCN(CCCC(=O)O)C2. The molecule has 0 spiro atoms. The molecule has 0 bridgehead atoms. The van der Waals surface area contributed by atoms with Crippen molar-refractivity contribution in [3.8, 4) is 33.0 Å². The van der Waals surface area contributed by atoms with Gasteiger partial charge < -0.3 is 9.84 Å². The molecule has 7 nitrogen and oxygen atoms in total. The van der Waals surface area contributed by atoms with Crippen LogP contribution in [-0.4, -0.2) is 45.4 Å². The van der Waals surface area contributed by atoms with Crippen molar-refractivity contribution in [2.45, 2.75) is 52.7 Å². The zero-order chi connectivity index (χ0) is 24.2. The molecule has 0 fully saturated rings. The Morgan fingerprint density at radius 3 is 2.79 bits per heavy atom. The maximum atomic E-state index is 10.8. The Morgan fingerprint density at radius 1 is 1.26 bits per heavy atom. The predicted molar refractivity (Wildman–Crippen MR) is 132 cm³/mol. The van der Waals surface area contributed by atoms with E-state index in [1.807, 2.05) is 26.0 Å². The molecule has 3 aromatic rings. The first-order chi connectivity index (χ1) is 16.4. The van der Waals surface area contributed by atoms with Crippen molar-refractivity contribution >= 4 is 17.3 Å². The minimum absolute atomic E-state index is 0.00473. The lowest BCUT2D eigenvalue weighted by molar-refractivity contribution is -0.137. The molecule has 4 rings (SSSR count). The second kappa shape index (κ2) is 10.3. The molecule has 0 amide bonds. The van der Waals surface area contributed by atoms with Crippen LogP contribution < -0.4 is 4.74 Å². The molecular weight excluding hydrogens is 448 g/mol. The molecular formula is C26H28N4O3S. The van der Waals surface area contributed by atoms with E-state index in [0.29, 0.717) is 17.7 Å². The van der Waals surface area contributed by atoms with Gasteiger partial charge in [0.15, 0.2) is 0 Å². The first-order valence-corrected chi connectivity index (χ1v) is 12.3. The Kier molecular flexibility index (Phi) is 7.25. The molecule has 0 saturated heterocycles. The first-order valence-electron chi connectivity index (χ1n) is 11.5. The van der Waals surface area contributed by atoms with Crippen LogP contribution >= 0.6 is 11.3 Å². The number of rotatable bonds is 8. The maximum Gasteiger partial charge on any atom is 0.303 e. The smallest absolute Gasteiger partial charge is 0.303 e. The molecule has 0 saturated carbocycles. The van der Waals surface area contributed by atoms with Crippen LogP contribution in [0.1, 0.15) is 48.9 Å². The lowest BCUT2D eigenvalue weighted by atomic mass is 9.92. The normalized spacial score (nSPS) is 13.5. The molecule has 0 atom stereocenters. The highest BCUT2D eigenvalue weighted by Crippen LogP contribution is 2.36. The average Bonchev–Trinajstić information content (AvgIpc) is 3.29. The summed E-state index contributed by atoms with van der Waals surface area (Å²) in [6.07, 6.45) is 1.82. The highest BCUT2D eigenvalue weighted by molar-refractivity contribution is 7.17. The summed E-state index contributed by atoms with van der Waals surface area (Å²) in [6, 6.07) is 12.0. The number of ether oxygens (including phenoxy) is 1. The van der Waals surface area contributed by atoms with Crippen molar-refractivity contribution in [1.29, 1.82) is 5.26 Å². The molecule has 34 heavy (non-hydrogen) atoms. The van der Waals surface area contributed by atoms with Gasteiger partial charge in [-0.1, -0.05) is 23.5 Å². The van der Waals surface area contributed by atoms with E-state index < -0.39 is 5.97 Å². The number of hydrogen-bond acceptors (Lipinski definition) is 7. The van der Waals surface area contributed by atoms with Gasteiger partial charge in [-0.2, -0.15) is 5.26 Å². The fraction of sp³-hybridized carbons (Fsp3) is 0.385. The second-order valence-corrected chi connectivity index (χ2v) is 9.78. The van der Waals surface area contributed by atoms with Gasteiger partial charge in [0.25, 0.3) is 0 Å².